The number of aromatic carboxylic acids is 1. The van der Waals surface area contributed by atoms with Crippen molar-refractivity contribution >= 4 is 17.8 Å². The van der Waals surface area contributed by atoms with Crippen molar-refractivity contribution in [3.8, 4) is 0 Å². The van der Waals surface area contributed by atoms with E-state index in [0.29, 0.717) is 0 Å². The summed E-state index contributed by atoms with van der Waals surface area (Å²) in [6, 6.07) is 0.497. The maximum absolute atomic E-state index is 11.6. The molecule has 0 spiro atoms. The van der Waals surface area contributed by atoms with Gasteiger partial charge >= 0.3 is 5.97 Å². The van der Waals surface area contributed by atoms with E-state index in [4.69, 9.17) is 9.52 Å². The molecule has 0 bridgehead atoms. The average molecular weight is 254 g/mol. The summed E-state index contributed by atoms with van der Waals surface area (Å²) < 4.78 is 4.91. The van der Waals surface area contributed by atoms with Gasteiger partial charge in [0.1, 0.15) is 24.0 Å². The standard InChI is InChI=1S/C10H10N2O6/c13-8(11-6-4-18-12-9(6)14)3-7-5(10(15)16)1-2-17-7/h1-2,6H,3-4H2,(H,11,13)(H,12,14)(H,15,16)/t6-/m1/s1. The number of carboxylic acids is 1. The summed E-state index contributed by atoms with van der Waals surface area (Å²) in [6.07, 6.45) is 0.940. The maximum atomic E-state index is 11.6. The van der Waals surface area contributed by atoms with Gasteiger partial charge in [0.05, 0.1) is 12.7 Å². The molecular weight excluding hydrogens is 244 g/mol. The molecule has 1 saturated heterocycles. The van der Waals surface area contributed by atoms with Crippen LogP contribution in [-0.4, -0.2) is 35.5 Å². The van der Waals surface area contributed by atoms with Gasteiger partial charge in [0, 0.05) is 0 Å². The molecule has 1 aromatic rings. The summed E-state index contributed by atoms with van der Waals surface area (Å²) >= 11 is 0. The second-order valence-corrected chi connectivity index (χ2v) is 3.64. The van der Waals surface area contributed by atoms with E-state index < -0.39 is 23.8 Å². The Balaban J connectivity index is 1.96. The minimum atomic E-state index is -1.17. The lowest BCUT2D eigenvalue weighted by molar-refractivity contribution is -0.128. The summed E-state index contributed by atoms with van der Waals surface area (Å²) in [5.41, 5.74) is 2.02. The minimum Gasteiger partial charge on any atom is -0.478 e. The third-order valence-electron chi connectivity index (χ3n) is 2.37. The normalized spacial score (nSPS) is 18.4. The highest BCUT2D eigenvalue weighted by Crippen LogP contribution is 2.11. The fourth-order valence-electron chi connectivity index (χ4n) is 1.51. The molecule has 1 aliphatic heterocycles. The summed E-state index contributed by atoms with van der Waals surface area (Å²) in [5.74, 6) is -2.09. The first kappa shape index (κ1) is 12.1. The van der Waals surface area contributed by atoms with Crippen molar-refractivity contribution in [2.24, 2.45) is 0 Å². The van der Waals surface area contributed by atoms with Crippen molar-refractivity contribution in [3.05, 3.63) is 23.7 Å². The van der Waals surface area contributed by atoms with E-state index in [2.05, 4.69) is 15.6 Å². The fraction of sp³-hybridized carbons (Fsp3) is 0.300. The van der Waals surface area contributed by atoms with Crippen molar-refractivity contribution in [2.45, 2.75) is 12.5 Å². The average Bonchev–Trinajstić information content (AvgIpc) is 2.89. The molecule has 96 valence electrons. The van der Waals surface area contributed by atoms with E-state index in [1.54, 1.807) is 0 Å². The van der Waals surface area contributed by atoms with Crippen molar-refractivity contribution in [1.82, 2.24) is 10.8 Å². The number of carboxylic acid groups (broad SMARTS) is 1. The maximum Gasteiger partial charge on any atom is 0.339 e. The van der Waals surface area contributed by atoms with Crippen LogP contribution < -0.4 is 10.8 Å². The Morgan fingerprint density at radius 1 is 1.56 bits per heavy atom. The number of carbonyl (C=O) groups is 3. The molecule has 2 amide bonds. The van der Waals surface area contributed by atoms with Gasteiger partial charge in [-0.2, -0.15) is 0 Å². The number of amides is 2. The van der Waals surface area contributed by atoms with E-state index in [1.165, 1.54) is 12.3 Å². The van der Waals surface area contributed by atoms with Gasteiger partial charge in [0.2, 0.25) is 5.91 Å². The van der Waals surface area contributed by atoms with Crippen LogP contribution in [0.1, 0.15) is 16.1 Å². The quantitative estimate of drug-likeness (QED) is 0.638. The fourth-order valence-corrected chi connectivity index (χ4v) is 1.51. The van der Waals surface area contributed by atoms with Gasteiger partial charge in [-0.25, -0.2) is 10.3 Å². The Morgan fingerprint density at radius 2 is 2.33 bits per heavy atom. The predicted octanol–water partition coefficient (Wildman–Crippen LogP) is -0.933. The van der Waals surface area contributed by atoms with Gasteiger partial charge in [-0.3, -0.25) is 14.4 Å². The second kappa shape index (κ2) is 4.88. The molecule has 1 aliphatic rings. The Labute approximate surface area is 101 Å². The molecule has 2 heterocycles. The molecule has 2 rings (SSSR count). The third-order valence-corrected chi connectivity index (χ3v) is 2.37. The van der Waals surface area contributed by atoms with E-state index in [9.17, 15) is 14.4 Å². The lowest BCUT2D eigenvalue weighted by Gasteiger charge is -2.07. The van der Waals surface area contributed by atoms with Crippen LogP contribution in [0.25, 0.3) is 0 Å². The highest BCUT2D eigenvalue weighted by Gasteiger charge is 2.27. The van der Waals surface area contributed by atoms with Crippen LogP contribution in [0.3, 0.4) is 0 Å². The van der Waals surface area contributed by atoms with Crippen LogP contribution in [0.15, 0.2) is 16.7 Å². The number of carbonyl (C=O) groups excluding carboxylic acids is 2. The molecule has 3 N–H and O–H groups in total. The molecule has 0 saturated carbocycles. The van der Waals surface area contributed by atoms with Crippen LogP contribution in [0.5, 0.6) is 0 Å². The van der Waals surface area contributed by atoms with Gasteiger partial charge < -0.3 is 14.8 Å². The molecule has 8 nitrogen and oxygen atoms in total. The second-order valence-electron chi connectivity index (χ2n) is 3.64. The summed E-state index contributed by atoms with van der Waals surface area (Å²) in [5, 5.41) is 11.2. The Bertz CT molecular complexity index is 494. The first-order valence-corrected chi connectivity index (χ1v) is 5.08. The summed E-state index contributed by atoms with van der Waals surface area (Å²) in [4.78, 5) is 38.1. The number of hydrogen-bond acceptors (Lipinski definition) is 5. The van der Waals surface area contributed by atoms with Crippen LogP contribution in [-0.2, 0) is 20.8 Å². The number of nitrogens with one attached hydrogen (secondary N) is 2. The van der Waals surface area contributed by atoms with Gasteiger partial charge in [0.15, 0.2) is 0 Å². The lowest BCUT2D eigenvalue weighted by Crippen LogP contribution is -2.42. The predicted molar refractivity (Wildman–Crippen MR) is 55.4 cm³/mol. The van der Waals surface area contributed by atoms with Crippen molar-refractivity contribution in [1.29, 1.82) is 0 Å². The zero-order chi connectivity index (χ0) is 13.1. The van der Waals surface area contributed by atoms with Crippen molar-refractivity contribution in [2.75, 3.05) is 6.61 Å². The Morgan fingerprint density at radius 3 is 2.94 bits per heavy atom. The van der Waals surface area contributed by atoms with Gasteiger partial charge in [-0.05, 0) is 6.07 Å². The number of hydrogen-bond donors (Lipinski definition) is 3. The SMILES string of the molecule is O=C(Cc1occc1C(=O)O)N[C@@H]1CONC1=O. The first-order chi connectivity index (χ1) is 8.58. The molecule has 0 radical (unpaired) electrons. The number of hydroxylamine groups is 1. The van der Waals surface area contributed by atoms with E-state index in [1.807, 2.05) is 0 Å². The molecular formula is C10H10N2O6. The number of rotatable bonds is 4. The Kier molecular flexibility index (Phi) is 3.28. The van der Waals surface area contributed by atoms with Crippen LogP contribution in [0.4, 0.5) is 0 Å². The summed E-state index contributed by atoms with van der Waals surface area (Å²) in [7, 11) is 0. The monoisotopic (exact) mass is 254 g/mol. The largest absolute Gasteiger partial charge is 0.478 e. The molecule has 0 unspecified atom stereocenters. The minimum absolute atomic E-state index is 0.0362. The topological polar surface area (TPSA) is 118 Å². The number of furan rings is 1. The Hall–Kier alpha value is -2.35. The molecule has 0 aromatic carbocycles. The first-order valence-electron chi connectivity index (χ1n) is 5.08. The third kappa shape index (κ3) is 2.48. The van der Waals surface area contributed by atoms with Gasteiger partial charge in [0.25, 0.3) is 5.91 Å². The molecule has 0 aliphatic carbocycles. The zero-order valence-electron chi connectivity index (χ0n) is 9.13. The molecule has 8 heteroatoms. The lowest BCUT2D eigenvalue weighted by atomic mass is 10.2. The van der Waals surface area contributed by atoms with Gasteiger partial charge in [-0.1, -0.05) is 0 Å². The van der Waals surface area contributed by atoms with Crippen LogP contribution in [0, 0.1) is 0 Å². The molecule has 1 atom stereocenters. The van der Waals surface area contributed by atoms with Crippen LogP contribution >= 0.6 is 0 Å². The molecule has 18 heavy (non-hydrogen) atoms. The van der Waals surface area contributed by atoms with E-state index in [-0.39, 0.29) is 24.4 Å². The molecule has 1 aromatic heterocycles. The zero-order valence-corrected chi connectivity index (χ0v) is 9.13. The van der Waals surface area contributed by atoms with Crippen molar-refractivity contribution < 1.29 is 28.7 Å². The summed E-state index contributed by atoms with van der Waals surface area (Å²) in [6.45, 7) is 0.0362. The van der Waals surface area contributed by atoms with E-state index >= 15 is 0 Å². The van der Waals surface area contributed by atoms with E-state index in [0.717, 1.165) is 0 Å². The van der Waals surface area contributed by atoms with Crippen LogP contribution in [0.2, 0.25) is 0 Å². The molecule has 1 fully saturated rings. The van der Waals surface area contributed by atoms with Crippen molar-refractivity contribution in [3.63, 3.8) is 0 Å². The smallest absolute Gasteiger partial charge is 0.339 e. The highest BCUT2D eigenvalue weighted by molar-refractivity contribution is 5.92. The van der Waals surface area contributed by atoms with Gasteiger partial charge in [-0.15, -0.1) is 0 Å². The highest BCUT2D eigenvalue weighted by atomic mass is 16.7.